The number of carbonyl (C=O) groups excluding carboxylic acids is 2. The monoisotopic (exact) mass is 337 g/mol. The van der Waals surface area contributed by atoms with Gasteiger partial charge in [0.25, 0.3) is 0 Å². The topological polar surface area (TPSA) is 85.8 Å². The van der Waals surface area contributed by atoms with Crippen molar-refractivity contribution in [3.05, 3.63) is 0 Å². The molecule has 2 rings (SSSR count). The fraction of sp³-hybridized carbons (Fsp3) is 0.824. The van der Waals surface area contributed by atoms with Crippen LogP contribution in [0.4, 0.5) is 4.79 Å². The van der Waals surface area contributed by atoms with E-state index in [2.05, 4.69) is 34.8 Å². The molecule has 24 heavy (non-hydrogen) atoms. The Morgan fingerprint density at radius 1 is 1.29 bits per heavy atom. The fourth-order valence-corrected chi connectivity index (χ4v) is 3.90. The van der Waals surface area contributed by atoms with E-state index >= 15 is 0 Å². The van der Waals surface area contributed by atoms with Gasteiger partial charge in [-0.3, -0.25) is 14.7 Å². The van der Waals surface area contributed by atoms with Crippen molar-refractivity contribution in [2.45, 2.75) is 46.0 Å². The molecule has 136 valence electrons. The summed E-state index contributed by atoms with van der Waals surface area (Å²) in [5.41, 5.74) is 0.372. The van der Waals surface area contributed by atoms with E-state index in [0.29, 0.717) is 24.4 Å². The number of carbonyl (C=O) groups is 2. The summed E-state index contributed by atoms with van der Waals surface area (Å²) in [4.78, 5) is 28.5. The molecule has 1 aliphatic heterocycles. The molecule has 0 unspecified atom stereocenters. The van der Waals surface area contributed by atoms with E-state index < -0.39 is 0 Å². The molecule has 0 spiro atoms. The van der Waals surface area contributed by atoms with Gasteiger partial charge in [0.15, 0.2) is 5.96 Å². The van der Waals surface area contributed by atoms with E-state index in [9.17, 15) is 9.59 Å². The predicted molar refractivity (Wildman–Crippen MR) is 94.8 cm³/mol. The minimum atomic E-state index is -0.313. The molecule has 1 heterocycles. The Balaban J connectivity index is 1.77. The standard InChI is InChI=1S/C17H31N5O2/c1-13(2)10-17(6-4-5-7-17)12-21-15(18-3)19-8-9-22-14(23)11-20-16(22)24/h13H,4-12H2,1-3H3,(H,20,24)(H2,18,19,21). The van der Waals surface area contributed by atoms with Gasteiger partial charge in [-0.1, -0.05) is 26.7 Å². The first-order chi connectivity index (χ1) is 11.5. The van der Waals surface area contributed by atoms with Crippen LogP contribution in [0.15, 0.2) is 4.99 Å². The molecular weight excluding hydrogens is 306 g/mol. The molecule has 1 aliphatic carbocycles. The van der Waals surface area contributed by atoms with Crippen LogP contribution in [0.3, 0.4) is 0 Å². The summed E-state index contributed by atoms with van der Waals surface area (Å²) in [6, 6.07) is -0.313. The summed E-state index contributed by atoms with van der Waals surface area (Å²) >= 11 is 0. The molecule has 3 N–H and O–H groups in total. The third kappa shape index (κ3) is 4.85. The molecule has 0 radical (unpaired) electrons. The zero-order valence-electron chi connectivity index (χ0n) is 15.2. The number of nitrogens with one attached hydrogen (secondary N) is 3. The second-order valence-electron chi connectivity index (χ2n) is 7.36. The lowest BCUT2D eigenvalue weighted by Gasteiger charge is -2.32. The predicted octanol–water partition coefficient (Wildman–Crippen LogP) is 1.31. The van der Waals surface area contributed by atoms with Crippen LogP contribution in [0.25, 0.3) is 0 Å². The van der Waals surface area contributed by atoms with Crippen LogP contribution in [0, 0.1) is 11.3 Å². The van der Waals surface area contributed by atoms with Crippen molar-refractivity contribution in [2.24, 2.45) is 16.3 Å². The largest absolute Gasteiger partial charge is 0.356 e. The highest BCUT2D eigenvalue weighted by atomic mass is 16.2. The van der Waals surface area contributed by atoms with Gasteiger partial charge in [0.2, 0.25) is 5.91 Å². The summed E-state index contributed by atoms with van der Waals surface area (Å²) in [6.07, 6.45) is 6.41. The van der Waals surface area contributed by atoms with Gasteiger partial charge in [0.1, 0.15) is 0 Å². The van der Waals surface area contributed by atoms with Crippen LogP contribution >= 0.6 is 0 Å². The minimum absolute atomic E-state index is 0.101. The van der Waals surface area contributed by atoms with Crippen molar-refractivity contribution < 1.29 is 9.59 Å². The summed E-state index contributed by atoms with van der Waals surface area (Å²) in [7, 11) is 1.74. The summed E-state index contributed by atoms with van der Waals surface area (Å²) < 4.78 is 0. The van der Waals surface area contributed by atoms with Gasteiger partial charge in [0, 0.05) is 26.7 Å². The first-order valence-corrected chi connectivity index (χ1v) is 8.98. The molecule has 7 nitrogen and oxygen atoms in total. The summed E-state index contributed by atoms with van der Waals surface area (Å²) in [5.74, 6) is 1.25. The van der Waals surface area contributed by atoms with Crippen molar-refractivity contribution in [1.29, 1.82) is 0 Å². The fourth-order valence-electron chi connectivity index (χ4n) is 3.90. The summed E-state index contributed by atoms with van der Waals surface area (Å²) in [5, 5.41) is 9.16. The number of imide groups is 1. The Kier molecular flexibility index (Phi) is 6.45. The maximum Gasteiger partial charge on any atom is 0.324 e. The average molecular weight is 337 g/mol. The molecule has 2 fully saturated rings. The second-order valence-corrected chi connectivity index (χ2v) is 7.36. The van der Waals surface area contributed by atoms with Crippen molar-refractivity contribution in [2.75, 3.05) is 33.2 Å². The quantitative estimate of drug-likeness (QED) is 0.371. The average Bonchev–Trinajstić information content (AvgIpc) is 3.11. The zero-order chi connectivity index (χ0) is 17.6. The molecule has 2 aliphatic rings. The van der Waals surface area contributed by atoms with Crippen LogP contribution in [-0.2, 0) is 4.79 Å². The Bertz CT molecular complexity index is 467. The number of hydrogen-bond acceptors (Lipinski definition) is 3. The minimum Gasteiger partial charge on any atom is -0.356 e. The zero-order valence-corrected chi connectivity index (χ0v) is 15.2. The Hall–Kier alpha value is -1.79. The maximum absolute atomic E-state index is 11.5. The number of rotatable bonds is 7. The first kappa shape index (κ1) is 18.5. The Labute approximate surface area is 144 Å². The number of urea groups is 1. The van der Waals surface area contributed by atoms with Gasteiger partial charge in [-0.25, -0.2) is 4.79 Å². The van der Waals surface area contributed by atoms with Gasteiger partial charge in [-0.2, -0.15) is 0 Å². The van der Waals surface area contributed by atoms with Crippen molar-refractivity contribution in [3.63, 3.8) is 0 Å². The number of nitrogens with zero attached hydrogens (tertiary/aromatic N) is 2. The third-order valence-corrected chi connectivity index (χ3v) is 4.92. The van der Waals surface area contributed by atoms with E-state index in [1.807, 2.05) is 0 Å². The van der Waals surface area contributed by atoms with E-state index in [1.165, 1.54) is 37.0 Å². The molecule has 0 aromatic carbocycles. The lowest BCUT2D eigenvalue weighted by molar-refractivity contribution is -0.124. The van der Waals surface area contributed by atoms with Crippen LogP contribution < -0.4 is 16.0 Å². The number of aliphatic imine (C=N–C) groups is 1. The molecule has 0 aromatic heterocycles. The molecule has 7 heteroatoms. The normalized spacial score (nSPS) is 20.7. The lowest BCUT2D eigenvalue weighted by Crippen LogP contribution is -2.46. The van der Waals surface area contributed by atoms with Crippen LogP contribution in [-0.4, -0.2) is 56.0 Å². The highest BCUT2D eigenvalue weighted by Crippen LogP contribution is 2.42. The van der Waals surface area contributed by atoms with E-state index in [1.54, 1.807) is 7.05 Å². The number of amides is 3. The Morgan fingerprint density at radius 3 is 2.54 bits per heavy atom. The maximum atomic E-state index is 11.5. The van der Waals surface area contributed by atoms with E-state index in [0.717, 1.165) is 12.5 Å². The smallest absolute Gasteiger partial charge is 0.324 e. The van der Waals surface area contributed by atoms with Crippen molar-refractivity contribution in [1.82, 2.24) is 20.9 Å². The summed E-state index contributed by atoms with van der Waals surface area (Å²) in [6.45, 7) is 6.44. The molecule has 1 saturated heterocycles. The molecule has 0 aromatic rings. The SMILES string of the molecule is CN=C(NCCN1C(=O)CNC1=O)NCC1(CC(C)C)CCCC1. The van der Waals surface area contributed by atoms with Crippen LogP contribution in [0.1, 0.15) is 46.0 Å². The van der Waals surface area contributed by atoms with Crippen molar-refractivity contribution in [3.8, 4) is 0 Å². The molecular formula is C17H31N5O2. The first-order valence-electron chi connectivity index (χ1n) is 8.98. The van der Waals surface area contributed by atoms with Gasteiger partial charge in [-0.05, 0) is 30.6 Å². The number of guanidine groups is 1. The molecule has 1 saturated carbocycles. The van der Waals surface area contributed by atoms with E-state index in [4.69, 9.17) is 0 Å². The third-order valence-electron chi connectivity index (χ3n) is 4.92. The van der Waals surface area contributed by atoms with Crippen LogP contribution in [0.2, 0.25) is 0 Å². The lowest BCUT2D eigenvalue weighted by atomic mass is 9.78. The molecule has 0 atom stereocenters. The number of hydrogen-bond donors (Lipinski definition) is 3. The highest BCUT2D eigenvalue weighted by molar-refractivity contribution is 6.01. The van der Waals surface area contributed by atoms with Crippen molar-refractivity contribution >= 4 is 17.9 Å². The molecule has 0 bridgehead atoms. The van der Waals surface area contributed by atoms with Gasteiger partial charge in [0.05, 0.1) is 6.54 Å². The van der Waals surface area contributed by atoms with E-state index in [-0.39, 0.29) is 18.5 Å². The molecule has 3 amide bonds. The van der Waals surface area contributed by atoms with Gasteiger partial charge in [-0.15, -0.1) is 0 Å². The Morgan fingerprint density at radius 2 is 2.00 bits per heavy atom. The second kappa shape index (κ2) is 8.35. The van der Waals surface area contributed by atoms with Crippen LogP contribution in [0.5, 0.6) is 0 Å². The highest BCUT2D eigenvalue weighted by Gasteiger charge is 2.34. The van der Waals surface area contributed by atoms with Gasteiger partial charge < -0.3 is 16.0 Å². The van der Waals surface area contributed by atoms with Gasteiger partial charge >= 0.3 is 6.03 Å².